The first-order chi connectivity index (χ1) is 16.7. The summed E-state index contributed by atoms with van der Waals surface area (Å²) < 4.78 is 5.58. The van der Waals surface area contributed by atoms with Gasteiger partial charge in [0.2, 0.25) is 0 Å². The van der Waals surface area contributed by atoms with E-state index in [4.69, 9.17) is 14.7 Å². The summed E-state index contributed by atoms with van der Waals surface area (Å²) >= 11 is 0. The van der Waals surface area contributed by atoms with Gasteiger partial charge in [0.25, 0.3) is 0 Å². The Labute approximate surface area is 192 Å². The first-order valence-corrected chi connectivity index (χ1v) is 11.1. The van der Waals surface area contributed by atoms with Crippen LogP contribution in [0.4, 0.5) is 0 Å². The fourth-order valence-electron chi connectivity index (χ4n) is 4.74. The average molecular weight is 443 g/mol. The number of hydrogen-bond acceptors (Lipinski definition) is 6. The van der Waals surface area contributed by atoms with E-state index < -0.39 is 0 Å². The van der Waals surface area contributed by atoms with Crippen molar-refractivity contribution in [3.8, 4) is 5.75 Å². The number of pyridine rings is 3. The number of nitrogens with zero attached hydrogens (tertiary/aromatic N) is 4. The van der Waals surface area contributed by atoms with Crippen LogP contribution in [0.5, 0.6) is 5.75 Å². The van der Waals surface area contributed by atoms with Gasteiger partial charge in [-0.2, -0.15) is 0 Å². The number of fused-ring (bicyclic) bond motifs is 10. The van der Waals surface area contributed by atoms with Gasteiger partial charge in [-0.05, 0) is 61.5 Å². The number of hydrogen-bond donors (Lipinski definition) is 1. The van der Waals surface area contributed by atoms with Crippen LogP contribution in [0.15, 0.2) is 71.8 Å². The Hall–Kier alpha value is -4.65. The first-order valence-electron chi connectivity index (χ1n) is 11.1. The lowest BCUT2D eigenvalue weighted by atomic mass is 10.1. The van der Waals surface area contributed by atoms with E-state index >= 15 is 0 Å². The van der Waals surface area contributed by atoms with Gasteiger partial charge in [0.15, 0.2) is 5.43 Å². The van der Waals surface area contributed by atoms with E-state index in [0.29, 0.717) is 39.7 Å². The number of ether oxygens (including phenoxy) is 1. The summed E-state index contributed by atoms with van der Waals surface area (Å²) in [5.74, 6) is 0.658. The quantitative estimate of drug-likeness (QED) is 0.289. The molecule has 1 N–H and O–H groups in total. The summed E-state index contributed by atoms with van der Waals surface area (Å²) in [6.45, 7) is 2.45. The Bertz CT molecular complexity index is 2010. The number of aromatic nitrogens is 5. The normalized spacial score (nSPS) is 11.9. The van der Waals surface area contributed by atoms with Crippen LogP contribution in [-0.4, -0.2) is 31.5 Å². The zero-order valence-corrected chi connectivity index (χ0v) is 18.2. The van der Waals surface area contributed by atoms with Gasteiger partial charge in [0.05, 0.1) is 50.5 Å². The maximum Gasteiger partial charge on any atom is 0.197 e. The van der Waals surface area contributed by atoms with Crippen LogP contribution in [0.2, 0.25) is 0 Å². The predicted molar refractivity (Wildman–Crippen MR) is 134 cm³/mol. The van der Waals surface area contributed by atoms with Crippen molar-refractivity contribution in [2.75, 3.05) is 6.61 Å². The van der Waals surface area contributed by atoms with Gasteiger partial charge in [-0.3, -0.25) is 14.8 Å². The lowest BCUT2D eigenvalue weighted by Crippen LogP contribution is -2.06. The van der Waals surface area contributed by atoms with Gasteiger partial charge in [-0.25, -0.2) is 9.97 Å². The molecule has 0 aliphatic heterocycles. The topological polar surface area (TPSA) is 93.7 Å². The van der Waals surface area contributed by atoms with Crippen molar-refractivity contribution in [3.05, 3.63) is 77.2 Å². The van der Waals surface area contributed by atoms with Crippen molar-refractivity contribution in [2.24, 2.45) is 0 Å². The van der Waals surface area contributed by atoms with Crippen molar-refractivity contribution in [1.29, 1.82) is 0 Å². The second-order valence-corrected chi connectivity index (χ2v) is 8.17. The lowest BCUT2D eigenvalue weighted by molar-refractivity contribution is 0.340. The Morgan fingerprint density at radius 3 is 2.38 bits per heavy atom. The molecule has 0 atom stereocenters. The first kappa shape index (κ1) is 18.9. The molecule has 0 radical (unpaired) electrons. The molecule has 7 nitrogen and oxygen atoms in total. The summed E-state index contributed by atoms with van der Waals surface area (Å²) in [6.07, 6.45) is 3.53. The van der Waals surface area contributed by atoms with Crippen molar-refractivity contribution in [1.82, 2.24) is 24.9 Å². The third-order valence-corrected chi connectivity index (χ3v) is 6.24. The minimum Gasteiger partial charge on any atom is -0.494 e. The van der Waals surface area contributed by atoms with Crippen molar-refractivity contribution in [3.63, 3.8) is 0 Å². The van der Waals surface area contributed by atoms with E-state index in [1.165, 1.54) is 0 Å². The van der Waals surface area contributed by atoms with E-state index in [1.54, 1.807) is 18.5 Å². The summed E-state index contributed by atoms with van der Waals surface area (Å²) in [7, 11) is 0. The number of nitrogens with one attached hydrogen (secondary N) is 1. The monoisotopic (exact) mass is 443 g/mol. The molecule has 0 unspecified atom stereocenters. The highest BCUT2D eigenvalue weighted by Crippen LogP contribution is 2.33. The number of aromatic amines is 1. The maximum absolute atomic E-state index is 13.4. The molecular formula is C27H17N5O2. The fraction of sp³-hybridized carbons (Fsp3) is 0.0741. The molecule has 4 aromatic heterocycles. The summed E-state index contributed by atoms with van der Waals surface area (Å²) in [5.41, 5.74) is 5.79. The smallest absolute Gasteiger partial charge is 0.197 e. The Balaban J connectivity index is 1.65. The van der Waals surface area contributed by atoms with Gasteiger partial charge in [-0.1, -0.05) is 0 Å². The van der Waals surface area contributed by atoms with Gasteiger partial charge in [0.1, 0.15) is 16.8 Å². The van der Waals surface area contributed by atoms with Crippen LogP contribution in [0.3, 0.4) is 0 Å². The van der Waals surface area contributed by atoms with E-state index in [0.717, 1.165) is 38.4 Å². The molecule has 0 aliphatic carbocycles. The molecule has 3 aromatic carbocycles. The van der Waals surface area contributed by atoms with Crippen LogP contribution in [0.1, 0.15) is 6.92 Å². The summed E-state index contributed by atoms with van der Waals surface area (Å²) in [4.78, 5) is 36.0. The second-order valence-electron chi connectivity index (χ2n) is 8.17. The number of benzene rings is 3. The van der Waals surface area contributed by atoms with Crippen LogP contribution >= 0.6 is 0 Å². The Morgan fingerprint density at radius 2 is 1.56 bits per heavy atom. The Kier molecular flexibility index (Phi) is 3.84. The van der Waals surface area contributed by atoms with Crippen LogP contribution < -0.4 is 10.2 Å². The molecule has 7 heteroatoms. The molecule has 0 amide bonds. The van der Waals surface area contributed by atoms with E-state index in [-0.39, 0.29) is 5.43 Å². The van der Waals surface area contributed by atoms with Gasteiger partial charge >= 0.3 is 0 Å². The van der Waals surface area contributed by atoms with E-state index in [2.05, 4.69) is 15.0 Å². The molecule has 0 bridgehead atoms. The zero-order chi connectivity index (χ0) is 22.8. The highest BCUT2D eigenvalue weighted by Gasteiger charge is 2.16. The number of rotatable bonds is 2. The minimum absolute atomic E-state index is 0.0837. The largest absolute Gasteiger partial charge is 0.494 e. The van der Waals surface area contributed by atoms with Crippen LogP contribution in [0, 0.1) is 0 Å². The molecule has 0 saturated carbocycles. The van der Waals surface area contributed by atoms with Gasteiger partial charge < -0.3 is 9.72 Å². The summed E-state index contributed by atoms with van der Waals surface area (Å²) in [5, 5.41) is 2.90. The average Bonchev–Trinajstić information content (AvgIpc) is 2.88. The molecule has 0 aliphatic rings. The Morgan fingerprint density at radius 1 is 0.765 bits per heavy atom. The molecular weight excluding hydrogens is 426 g/mol. The predicted octanol–water partition coefficient (Wildman–Crippen LogP) is 5.27. The van der Waals surface area contributed by atoms with E-state index in [9.17, 15) is 4.79 Å². The van der Waals surface area contributed by atoms with Crippen molar-refractivity contribution in [2.45, 2.75) is 6.92 Å². The van der Waals surface area contributed by atoms with Crippen LogP contribution in [-0.2, 0) is 0 Å². The maximum atomic E-state index is 13.4. The molecule has 0 spiro atoms. The fourth-order valence-corrected chi connectivity index (χ4v) is 4.74. The van der Waals surface area contributed by atoms with Crippen LogP contribution in [0.25, 0.3) is 65.7 Å². The zero-order valence-electron chi connectivity index (χ0n) is 18.2. The highest BCUT2D eigenvalue weighted by atomic mass is 16.5. The molecule has 162 valence electrons. The summed E-state index contributed by atoms with van der Waals surface area (Å²) in [6, 6.07) is 16.9. The minimum atomic E-state index is -0.0837. The second kappa shape index (κ2) is 6.92. The van der Waals surface area contributed by atoms with Crippen molar-refractivity contribution < 1.29 is 4.74 Å². The van der Waals surface area contributed by atoms with Crippen molar-refractivity contribution >= 4 is 65.7 Å². The molecule has 4 heterocycles. The molecule has 34 heavy (non-hydrogen) atoms. The molecule has 7 aromatic rings. The van der Waals surface area contributed by atoms with Gasteiger partial charge in [-0.15, -0.1) is 0 Å². The standard InChI is InChI=1S/C27H17N5O2/c1-2-34-14-7-9-19-18(13-14)27(33)17-8-10-20-26(25(17)30-19)32-24-16-6-4-12-29-22(16)21-15(23(24)31-20)5-3-11-28-21/h3-13,31H,2H2,1H3. The van der Waals surface area contributed by atoms with Gasteiger partial charge in [0, 0.05) is 23.2 Å². The molecule has 7 rings (SSSR count). The third kappa shape index (κ3) is 2.55. The third-order valence-electron chi connectivity index (χ3n) is 6.24. The highest BCUT2D eigenvalue weighted by molar-refractivity contribution is 6.22. The number of H-pyrrole nitrogens is 1. The molecule has 0 fully saturated rings. The molecule has 0 saturated heterocycles. The lowest BCUT2D eigenvalue weighted by Gasteiger charge is -2.11. The van der Waals surface area contributed by atoms with E-state index in [1.807, 2.05) is 55.5 Å². The SMILES string of the molecule is CCOc1ccc2nc3c(ccc4[nH]c5c6cccnc6c6ncccc6c5nc43)c(=O)c2c1.